The highest BCUT2D eigenvalue weighted by atomic mass is 35.5. The molecule has 82 valence electrons. The molecule has 2 aromatic rings. The van der Waals surface area contributed by atoms with Crippen LogP contribution in [0, 0.1) is 0 Å². The number of aromatic nitrogens is 2. The van der Waals surface area contributed by atoms with Crippen molar-refractivity contribution in [3.05, 3.63) is 35.5 Å². The maximum absolute atomic E-state index is 5.84. The molecule has 3 nitrogen and oxygen atoms in total. The summed E-state index contributed by atoms with van der Waals surface area (Å²) in [6.07, 6.45) is 2.03. The van der Waals surface area contributed by atoms with Crippen molar-refractivity contribution < 1.29 is 0 Å². The van der Waals surface area contributed by atoms with Crippen molar-refractivity contribution in [2.24, 2.45) is 0 Å². The van der Waals surface area contributed by atoms with Crippen LogP contribution in [-0.2, 0) is 0 Å². The van der Waals surface area contributed by atoms with Gasteiger partial charge in [0.2, 0.25) is 5.95 Å². The predicted molar refractivity (Wildman–Crippen MR) is 68.7 cm³/mol. The van der Waals surface area contributed by atoms with Gasteiger partial charge in [-0.25, -0.2) is 9.97 Å². The molecule has 0 atom stereocenters. The van der Waals surface area contributed by atoms with Gasteiger partial charge in [-0.05, 0) is 18.4 Å². The number of hydrogen-bond acceptors (Lipinski definition) is 4. The quantitative estimate of drug-likeness (QED) is 0.658. The van der Waals surface area contributed by atoms with Gasteiger partial charge < -0.3 is 5.73 Å². The molecule has 16 heavy (non-hydrogen) atoms. The first kappa shape index (κ1) is 11.2. The Balaban J connectivity index is 2.49. The summed E-state index contributed by atoms with van der Waals surface area (Å²) < 4.78 is 0. The Morgan fingerprint density at radius 2 is 2.06 bits per heavy atom. The van der Waals surface area contributed by atoms with Crippen LogP contribution in [0.4, 0.5) is 5.95 Å². The molecule has 0 spiro atoms. The first-order chi connectivity index (χ1) is 7.69. The lowest BCUT2D eigenvalue weighted by atomic mass is 10.1. The van der Waals surface area contributed by atoms with Crippen LogP contribution in [0.2, 0.25) is 5.15 Å². The largest absolute Gasteiger partial charge is 0.368 e. The van der Waals surface area contributed by atoms with Gasteiger partial charge in [0.05, 0.1) is 5.69 Å². The first-order valence-electron chi connectivity index (χ1n) is 4.63. The Kier molecular flexibility index (Phi) is 3.31. The van der Waals surface area contributed by atoms with Crippen LogP contribution in [0.25, 0.3) is 11.3 Å². The SMILES string of the molecule is CSc1cccc(-c2cc(Cl)nc(N)n2)c1. The van der Waals surface area contributed by atoms with Crippen LogP contribution in [0.1, 0.15) is 0 Å². The predicted octanol–water partition coefficient (Wildman–Crippen LogP) is 3.10. The van der Waals surface area contributed by atoms with Gasteiger partial charge in [0, 0.05) is 16.5 Å². The molecule has 0 aliphatic heterocycles. The number of rotatable bonds is 2. The van der Waals surface area contributed by atoms with Crippen molar-refractivity contribution in [3.8, 4) is 11.3 Å². The van der Waals surface area contributed by atoms with E-state index in [0.717, 1.165) is 11.3 Å². The van der Waals surface area contributed by atoms with E-state index in [0.29, 0.717) is 5.15 Å². The van der Waals surface area contributed by atoms with E-state index >= 15 is 0 Å². The summed E-state index contributed by atoms with van der Waals surface area (Å²) in [5.41, 5.74) is 7.29. The Morgan fingerprint density at radius 1 is 1.25 bits per heavy atom. The Hall–Kier alpha value is -1.26. The van der Waals surface area contributed by atoms with Crippen molar-refractivity contribution in [2.75, 3.05) is 12.0 Å². The summed E-state index contributed by atoms with van der Waals surface area (Å²) in [5, 5.41) is 0.358. The van der Waals surface area contributed by atoms with E-state index in [9.17, 15) is 0 Å². The lowest BCUT2D eigenvalue weighted by Crippen LogP contribution is -1.96. The summed E-state index contributed by atoms with van der Waals surface area (Å²) in [6.45, 7) is 0. The minimum Gasteiger partial charge on any atom is -0.368 e. The van der Waals surface area contributed by atoms with Crippen molar-refractivity contribution >= 4 is 29.3 Å². The third kappa shape index (κ3) is 2.46. The number of nitrogens with zero attached hydrogens (tertiary/aromatic N) is 2. The van der Waals surface area contributed by atoms with Gasteiger partial charge in [0.1, 0.15) is 5.15 Å². The average molecular weight is 252 g/mol. The van der Waals surface area contributed by atoms with Crippen LogP contribution in [0.5, 0.6) is 0 Å². The molecule has 0 saturated carbocycles. The highest BCUT2D eigenvalue weighted by Gasteiger charge is 2.04. The van der Waals surface area contributed by atoms with E-state index in [1.54, 1.807) is 17.8 Å². The second-order valence-electron chi connectivity index (χ2n) is 3.17. The number of halogens is 1. The molecule has 5 heteroatoms. The van der Waals surface area contributed by atoms with Gasteiger partial charge in [-0.1, -0.05) is 23.7 Å². The number of nitrogen functional groups attached to an aromatic ring is 1. The molecule has 0 bridgehead atoms. The molecule has 1 heterocycles. The molecule has 0 aliphatic carbocycles. The summed E-state index contributed by atoms with van der Waals surface area (Å²) in [6, 6.07) is 9.74. The topological polar surface area (TPSA) is 51.8 Å². The Bertz CT molecular complexity index is 496. The molecular formula is C11H10ClN3S. The first-order valence-corrected chi connectivity index (χ1v) is 6.24. The minimum absolute atomic E-state index is 0.192. The maximum Gasteiger partial charge on any atom is 0.221 e. The highest BCUT2D eigenvalue weighted by Crippen LogP contribution is 2.24. The van der Waals surface area contributed by atoms with E-state index in [2.05, 4.69) is 9.97 Å². The van der Waals surface area contributed by atoms with E-state index in [1.165, 1.54) is 4.90 Å². The highest BCUT2D eigenvalue weighted by molar-refractivity contribution is 7.98. The maximum atomic E-state index is 5.84. The van der Waals surface area contributed by atoms with Crippen LogP contribution in [-0.4, -0.2) is 16.2 Å². The second-order valence-corrected chi connectivity index (χ2v) is 4.43. The van der Waals surface area contributed by atoms with Gasteiger partial charge in [-0.2, -0.15) is 0 Å². The molecule has 0 fully saturated rings. The molecule has 1 aromatic carbocycles. The fourth-order valence-electron chi connectivity index (χ4n) is 1.37. The van der Waals surface area contributed by atoms with Crippen LogP contribution in [0.15, 0.2) is 35.2 Å². The second kappa shape index (κ2) is 4.72. The molecular weight excluding hydrogens is 242 g/mol. The molecule has 2 N–H and O–H groups in total. The number of benzene rings is 1. The smallest absolute Gasteiger partial charge is 0.221 e. The molecule has 0 unspecified atom stereocenters. The third-order valence-corrected chi connectivity index (χ3v) is 3.00. The summed E-state index contributed by atoms with van der Waals surface area (Å²) >= 11 is 7.52. The van der Waals surface area contributed by atoms with E-state index in [-0.39, 0.29) is 5.95 Å². The van der Waals surface area contributed by atoms with Gasteiger partial charge in [0.25, 0.3) is 0 Å². The van der Waals surface area contributed by atoms with Crippen molar-refractivity contribution in [1.29, 1.82) is 0 Å². The Labute approximate surface area is 103 Å². The molecule has 0 aliphatic rings. The minimum atomic E-state index is 0.192. The van der Waals surface area contributed by atoms with E-state index < -0.39 is 0 Å². The summed E-state index contributed by atoms with van der Waals surface area (Å²) in [7, 11) is 0. The number of hydrogen-bond donors (Lipinski definition) is 1. The van der Waals surface area contributed by atoms with Gasteiger partial charge in [-0.3, -0.25) is 0 Å². The number of thioether (sulfide) groups is 1. The van der Waals surface area contributed by atoms with Gasteiger partial charge in [-0.15, -0.1) is 11.8 Å². The number of nitrogens with two attached hydrogens (primary N) is 1. The van der Waals surface area contributed by atoms with Crippen molar-refractivity contribution in [3.63, 3.8) is 0 Å². The lowest BCUT2D eigenvalue weighted by molar-refractivity contribution is 1.19. The van der Waals surface area contributed by atoms with Crippen LogP contribution < -0.4 is 5.73 Å². The van der Waals surface area contributed by atoms with Crippen LogP contribution in [0.3, 0.4) is 0 Å². The average Bonchev–Trinajstić information content (AvgIpc) is 2.28. The standard InChI is InChI=1S/C11H10ClN3S/c1-16-8-4-2-3-7(5-8)9-6-10(12)15-11(13)14-9/h2-6H,1H3,(H2,13,14,15). The summed E-state index contributed by atoms with van der Waals surface area (Å²) in [4.78, 5) is 9.15. The lowest BCUT2D eigenvalue weighted by Gasteiger charge is -2.04. The van der Waals surface area contributed by atoms with Crippen molar-refractivity contribution in [1.82, 2.24) is 9.97 Å². The fraction of sp³-hybridized carbons (Fsp3) is 0.0909. The monoisotopic (exact) mass is 251 g/mol. The van der Waals surface area contributed by atoms with Crippen molar-refractivity contribution in [2.45, 2.75) is 4.90 Å². The normalized spacial score (nSPS) is 10.4. The van der Waals surface area contributed by atoms with E-state index in [1.807, 2.05) is 30.5 Å². The summed E-state index contributed by atoms with van der Waals surface area (Å²) in [5.74, 6) is 0.192. The zero-order valence-electron chi connectivity index (χ0n) is 8.64. The molecule has 0 saturated heterocycles. The van der Waals surface area contributed by atoms with Gasteiger partial charge in [0.15, 0.2) is 0 Å². The number of anilines is 1. The Morgan fingerprint density at radius 3 is 2.75 bits per heavy atom. The zero-order chi connectivity index (χ0) is 11.5. The third-order valence-electron chi connectivity index (χ3n) is 2.08. The van der Waals surface area contributed by atoms with Crippen LogP contribution >= 0.6 is 23.4 Å². The molecule has 0 radical (unpaired) electrons. The van der Waals surface area contributed by atoms with Gasteiger partial charge >= 0.3 is 0 Å². The fourth-order valence-corrected chi connectivity index (χ4v) is 2.01. The molecule has 0 amide bonds. The molecule has 2 rings (SSSR count). The molecule has 1 aromatic heterocycles. The van der Waals surface area contributed by atoms with E-state index in [4.69, 9.17) is 17.3 Å². The zero-order valence-corrected chi connectivity index (χ0v) is 10.2.